The van der Waals surface area contributed by atoms with Gasteiger partial charge >= 0.3 is 5.97 Å². The summed E-state index contributed by atoms with van der Waals surface area (Å²) < 4.78 is 11.2. The molecule has 9 heteroatoms. The van der Waals surface area contributed by atoms with Crippen molar-refractivity contribution in [2.75, 3.05) is 25.2 Å². The standard InChI is InChI=1S/C17H14Cl2INO4S/c1-24-17(23)15-13(7-14(20)26-15)21(10-4-5-25-8-10)16(22)11-3-2-9(18)6-12(11)19/h2-3,6-7,10H,4-5,8H2,1H3. The molecule has 0 spiro atoms. The van der Waals surface area contributed by atoms with Gasteiger partial charge in [0, 0.05) is 11.6 Å². The van der Waals surface area contributed by atoms with E-state index in [0.29, 0.717) is 40.8 Å². The Labute approximate surface area is 178 Å². The zero-order valence-electron chi connectivity index (χ0n) is 13.6. The van der Waals surface area contributed by atoms with Gasteiger partial charge in [-0.15, -0.1) is 11.3 Å². The van der Waals surface area contributed by atoms with Crippen LogP contribution in [0.15, 0.2) is 24.3 Å². The first-order valence-corrected chi connectivity index (χ1v) is 10.3. The minimum absolute atomic E-state index is 0.192. The maximum absolute atomic E-state index is 13.3. The van der Waals surface area contributed by atoms with Crippen LogP contribution in [0.5, 0.6) is 0 Å². The van der Waals surface area contributed by atoms with Gasteiger partial charge in [-0.2, -0.15) is 0 Å². The number of carbonyl (C=O) groups excluding carboxylic acids is 2. The third-order valence-corrected chi connectivity index (χ3v) is 6.38. The maximum Gasteiger partial charge on any atom is 0.350 e. The highest BCUT2D eigenvalue weighted by Gasteiger charge is 2.34. The average molecular weight is 526 g/mol. The quantitative estimate of drug-likeness (QED) is 0.421. The van der Waals surface area contributed by atoms with Crippen LogP contribution in [0, 0.1) is 2.88 Å². The van der Waals surface area contributed by atoms with Crippen molar-refractivity contribution in [2.24, 2.45) is 0 Å². The van der Waals surface area contributed by atoms with Crippen molar-refractivity contribution in [3.05, 3.63) is 47.6 Å². The largest absolute Gasteiger partial charge is 0.465 e. The fourth-order valence-electron chi connectivity index (χ4n) is 2.76. The Bertz CT molecular complexity index is 851. The smallest absolute Gasteiger partial charge is 0.350 e. The van der Waals surface area contributed by atoms with Gasteiger partial charge in [0.05, 0.1) is 38.9 Å². The van der Waals surface area contributed by atoms with E-state index in [1.807, 2.05) is 0 Å². The van der Waals surface area contributed by atoms with Gasteiger partial charge in [-0.1, -0.05) is 23.2 Å². The molecule has 1 aliphatic heterocycles. The Kier molecular flexibility index (Phi) is 6.45. The van der Waals surface area contributed by atoms with E-state index >= 15 is 0 Å². The van der Waals surface area contributed by atoms with Crippen LogP contribution in [-0.2, 0) is 9.47 Å². The summed E-state index contributed by atoms with van der Waals surface area (Å²) in [5, 5.41) is 0.707. The van der Waals surface area contributed by atoms with Gasteiger partial charge in [-0.05, 0) is 53.3 Å². The minimum atomic E-state index is -0.480. The van der Waals surface area contributed by atoms with Gasteiger partial charge in [0.2, 0.25) is 0 Å². The van der Waals surface area contributed by atoms with Crippen LogP contribution in [-0.4, -0.2) is 38.2 Å². The fraction of sp³-hybridized carbons (Fsp3) is 0.294. The van der Waals surface area contributed by atoms with Crippen LogP contribution in [0.1, 0.15) is 26.5 Å². The number of hydrogen-bond donors (Lipinski definition) is 0. The van der Waals surface area contributed by atoms with Crippen molar-refractivity contribution in [1.29, 1.82) is 0 Å². The van der Waals surface area contributed by atoms with E-state index in [1.54, 1.807) is 23.1 Å². The third kappa shape index (κ3) is 4.01. The highest BCUT2D eigenvalue weighted by atomic mass is 127. The van der Waals surface area contributed by atoms with E-state index in [1.165, 1.54) is 24.5 Å². The summed E-state index contributed by atoms with van der Waals surface area (Å²) in [7, 11) is 1.32. The van der Waals surface area contributed by atoms with Crippen LogP contribution >= 0.6 is 57.1 Å². The number of ether oxygens (including phenoxy) is 2. The molecule has 2 aromatic rings. The highest BCUT2D eigenvalue weighted by molar-refractivity contribution is 14.1. The predicted octanol–water partition coefficient (Wildman–Crippen LogP) is 4.88. The number of carbonyl (C=O) groups is 2. The molecule has 2 heterocycles. The lowest BCUT2D eigenvalue weighted by Gasteiger charge is -2.28. The van der Waals surface area contributed by atoms with Crippen LogP contribution in [0.4, 0.5) is 5.69 Å². The molecule has 1 saturated heterocycles. The first-order chi connectivity index (χ1) is 12.4. The molecule has 1 aliphatic rings. The van der Waals surface area contributed by atoms with Crippen LogP contribution in [0.25, 0.3) is 0 Å². The number of anilines is 1. The lowest BCUT2D eigenvalue weighted by molar-refractivity contribution is 0.0607. The van der Waals surface area contributed by atoms with Crippen molar-refractivity contribution in [3.63, 3.8) is 0 Å². The van der Waals surface area contributed by atoms with Crippen molar-refractivity contribution < 1.29 is 19.1 Å². The molecule has 0 N–H and O–H groups in total. The fourth-order valence-corrected chi connectivity index (χ4v) is 5.00. The number of benzene rings is 1. The van der Waals surface area contributed by atoms with Gasteiger partial charge < -0.3 is 14.4 Å². The summed E-state index contributed by atoms with van der Waals surface area (Å²) in [6.07, 6.45) is 0.671. The number of methoxy groups -OCH3 is 1. The molecule has 1 fully saturated rings. The van der Waals surface area contributed by atoms with Gasteiger partial charge in [0.1, 0.15) is 4.88 Å². The van der Waals surface area contributed by atoms with Crippen LogP contribution in [0.2, 0.25) is 10.0 Å². The van der Waals surface area contributed by atoms with Crippen molar-refractivity contribution in [3.8, 4) is 0 Å². The summed E-state index contributed by atoms with van der Waals surface area (Å²) in [6.45, 7) is 0.946. The zero-order chi connectivity index (χ0) is 18.8. The van der Waals surface area contributed by atoms with Crippen molar-refractivity contribution >= 4 is 74.7 Å². The topological polar surface area (TPSA) is 55.8 Å². The Hall–Kier alpha value is -0.870. The van der Waals surface area contributed by atoms with Crippen LogP contribution < -0.4 is 4.90 Å². The van der Waals surface area contributed by atoms with Crippen molar-refractivity contribution in [2.45, 2.75) is 12.5 Å². The van der Waals surface area contributed by atoms with Crippen LogP contribution in [0.3, 0.4) is 0 Å². The summed E-state index contributed by atoms with van der Waals surface area (Å²) >= 11 is 15.6. The summed E-state index contributed by atoms with van der Waals surface area (Å²) in [5.74, 6) is -0.784. The minimum Gasteiger partial charge on any atom is -0.465 e. The molecule has 138 valence electrons. The zero-order valence-corrected chi connectivity index (χ0v) is 18.1. The van der Waals surface area contributed by atoms with Gasteiger partial charge in [0.25, 0.3) is 5.91 Å². The number of hydrogen-bond acceptors (Lipinski definition) is 5. The molecule has 0 saturated carbocycles. The highest BCUT2D eigenvalue weighted by Crippen LogP contribution is 2.36. The summed E-state index contributed by atoms with van der Waals surface area (Å²) in [4.78, 5) is 27.5. The molecular weight excluding hydrogens is 512 g/mol. The SMILES string of the molecule is COC(=O)c1sc(I)cc1N(C(=O)c1ccc(Cl)cc1Cl)C1CCOC1. The number of halogens is 3. The monoisotopic (exact) mass is 525 g/mol. The number of rotatable bonds is 4. The molecule has 26 heavy (non-hydrogen) atoms. The summed E-state index contributed by atoms with van der Waals surface area (Å²) in [6, 6.07) is 6.34. The molecule has 0 aliphatic carbocycles. The van der Waals surface area contributed by atoms with E-state index < -0.39 is 5.97 Å². The van der Waals surface area contributed by atoms with E-state index in [9.17, 15) is 9.59 Å². The Balaban J connectivity index is 2.09. The molecule has 3 rings (SSSR count). The molecule has 5 nitrogen and oxygen atoms in total. The Morgan fingerprint density at radius 2 is 2.12 bits per heavy atom. The molecular formula is C17H14Cl2INO4S. The molecule has 1 unspecified atom stereocenters. The van der Waals surface area contributed by atoms with E-state index in [4.69, 9.17) is 32.7 Å². The number of nitrogens with zero attached hydrogens (tertiary/aromatic N) is 1. The normalized spacial score (nSPS) is 16.5. The molecule has 0 radical (unpaired) electrons. The van der Waals surface area contributed by atoms with E-state index in [-0.39, 0.29) is 17.0 Å². The van der Waals surface area contributed by atoms with Gasteiger partial charge in [-0.3, -0.25) is 4.79 Å². The Morgan fingerprint density at radius 3 is 2.73 bits per heavy atom. The van der Waals surface area contributed by atoms with E-state index in [0.717, 1.165) is 2.88 Å². The lowest BCUT2D eigenvalue weighted by atomic mass is 10.1. The third-order valence-electron chi connectivity index (χ3n) is 3.96. The second-order valence-corrected chi connectivity index (χ2v) is 9.36. The van der Waals surface area contributed by atoms with E-state index in [2.05, 4.69) is 22.6 Å². The molecule has 1 aromatic heterocycles. The second kappa shape index (κ2) is 8.43. The second-order valence-electron chi connectivity index (χ2n) is 5.57. The number of esters is 1. The Morgan fingerprint density at radius 1 is 1.35 bits per heavy atom. The number of amides is 1. The molecule has 0 bridgehead atoms. The molecule has 1 aromatic carbocycles. The first kappa shape index (κ1) is 19.9. The number of thiophene rings is 1. The average Bonchev–Trinajstić information content (AvgIpc) is 3.24. The molecule has 1 amide bonds. The molecule has 1 atom stereocenters. The van der Waals surface area contributed by atoms with Crippen molar-refractivity contribution in [1.82, 2.24) is 0 Å². The lowest BCUT2D eigenvalue weighted by Crippen LogP contribution is -2.41. The predicted molar refractivity (Wildman–Crippen MR) is 111 cm³/mol. The first-order valence-electron chi connectivity index (χ1n) is 7.66. The maximum atomic E-state index is 13.3. The summed E-state index contributed by atoms with van der Waals surface area (Å²) in [5.41, 5.74) is 0.831. The van der Waals surface area contributed by atoms with Gasteiger partial charge in [0.15, 0.2) is 0 Å². The van der Waals surface area contributed by atoms with Gasteiger partial charge in [-0.25, -0.2) is 4.79 Å².